The van der Waals surface area contributed by atoms with E-state index < -0.39 is 11.7 Å². The number of hydrogen-bond acceptors (Lipinski definition) is 1. The van der Waals surface area contributed by atoms with Crippen molar-refractivity contribution in [1.82, 2.24) is 5.32 Å². The number of halogens is 3. The smallest absolute Gasteiger partial charge is 0.310 e. The first kappa shape index (κ1) is 14.4. The van der Waals surface area contributed by atoms with Crippen LogP contribution < -0.4 is 5.32 Å². The van der Waals surface area contributed by atoms with Crippen molar-refractivity contribution in [2.45, 2.75) is 51.4 Å². The second kappa shape index (κ2) is 5.95. The van der Waals surface area contributed by atoms with Crippen LogP contribution >= 0.6 is 0 Å². The zero-order chi connectivity index (χ0) is 13.9. The van der Waals surface area contributed by atoms with Gasteiger partial charge in [-0.05, 0) is 37.3 Å². The average Bonchev–Trinajstić information content (AvgIpc) is 2.89. The lowest BCUT2D eigenvalue weighted by atomic mass is 9.99. The molecule has 4 heteroatoms. The summed E-state index contributed by atoms with van der Waals surface area (Å²) >= 11 is 0. The second-order valence-electron chi connectivity index (χ2n) is 5.41. The molecular formula is C15H20F3N. The molecule has 1 atom stereocenters. The number of nitrogens with one attached hydrogen (secondary N) is 1. The van der Waals surface area contributed by atoms with Gasteiger partial charge in [-0.3, -0.25) is 0 Å². The molecule has 1 saturated carbocycles. The first-order valence-corrected chi connectivity index (χ1v) is 6.86. The van der Waals surface area contributed by atoms with Crippen LogP contribution in [0.1, 0.15) is 43.7 Å². The van der Waals surface area contributed by atoms with Crippen LogP contribution in [0, 0.1) is 5.92 Å². The fourth-order valence-electron chi connectivity index (χ4n) is 2.76. The molecule has 0 unspecified atom stereocenters. The molecule has 0 saturated heterocycles. The van der Waals surface area contributed by atoms with Gasteiger partial charge < -0.3 is 5.32 Å². The molecule has 19 heavy (non-hydrogen) atoms. The Labute approximate surface area is 112 Å². The van der Waals surface area contributed by atoms with Crippen molar-refractivity contribution < 1.29 is 13.2 Å². The second-order valence-corrected chi connectivity index (χ2v) is 5.41. The van der Waals surface area contributed by atoms with Gasteiger partial charge in [-0.25, -0.2) is 0 Å². The monoisotopic (exact) mass is 271 g/mol. The maximum Gasteiger partial charge on any atom is 0.416 e. The van der Waals surface area contributed by atoms with E-state index in [1.54, 1.807) is 6.07 Å². The summed E-state index contributed by atoms with van der Waals surface area (Å²) in [7, 11) is 0. The molecule has 1 aromatic carbocycles. The minimum atomic E-state index is -4.26. The van der Waals surface area contributed by atoms with Crippen LogP contribution in [0.5, 0.6) is 0 Å². The zero-order valence-electron chi connectivity index (χ0n) is 11.1. The van der Waals surface area contributed by atoms with Crippen molar-refractivity contribution in [3.63, 3.8) is 0 Å². The van der Waals surface area contributed by atoms with E-state index in [1.165, 1.54) is 37.8 Å². The molecule has 1 nitrogen and oxygen atoms in total. The predicted molar refractivity (Wildman–Crippen MR) is 69.7 cm³/mol. The first-order chi connectivity index (χ1) is 8.97. The van der Waals surface area contributed by atoms with Crippen LogP contribution in [0.15, 0.2) is 24.3 Å². The third-order valence-corrected chi connectivity index (χ3v) is 3.99. The average molecular weight is 271 g/mol. The van der Waals surface area contributed by atoms with Gasteiger partial charge in [-0.1, -0.05) is 31.0 Å². The van der Waals surface area contributed by atoms with Crippen molar-refractivity contribution >= 4 is 0 Å². The van der Waals surface area contributed by atoms with Gasteiger partial charge in [0.1, 0.15) is 0 Å². The van der Waals surface area contributed by atoms with Gasteiger partial charge in [-0.15, -0.1) is 0 Å². The van der Waals surface area contributed by atoms with Crippen molar-refractivity contribution in [3.8, 4) is 0 Å². The van der Waals surface area contributed by atoms with Crippen LogP contribution in [-0.2, 0) is 12.7 Å². The molecule has 0 aromatic heterocycles. The molecule has 0 amide bonds. The summed E-state index contributed by atoms with van der Waals surface area (Å²) < 4.78 is 37.8. The van der Waals surface area contributed by atoms with Crippen LogP contribution in [-0.4, -0.2) is 6.04 Å². The quantitative estimate of drug-likeness (QED) is 0.857. The lowest BCUT2D eigenvalue weighted by Gasteiger charge is -2.20. The predicted octanol–water partition coefficient (Wildman–Crippen LogP) is 4.37. The Balaban J connectivity index is 1.92. The van der Waals surface area contributed by atoms with E-state index in [0.717, 1.165) is 6.07 Å². The Bertz CT molecular complexity index is 408. The van der Waals surface area contributed by atoms with Crippen LogP contribution in [0.4, 0.5) is 13.2 Å². The van der Waals surface area contributed by atoms with Gasteiger partial charge in [-0.2, -0.15) is 13.2 Å². The molecule has 0 spiro atoms. The number of hydrogen-bond donors (Lipinski definition) is 1. The topological polar surface area (TPSA) is 12.0 Å². The lowest BCUT2D eigenvalue weighted by Crippen LogP contribution is -2.31. The van der Waals surface area contributed by atoms with Gasteiger partial charge in [0.25, 0.3) is 0 Å². The highest BCUT2D eigenvalue weighted by Crippen LogP contribution is 2.30. The Hall–Kier alpha value is -1.03. The summed E-state index contributed by atoms with van der Waals surface area (Å²) in [6.07, 6.45) is 0.765. The Morgan fingerprint density at radius 1 is 1.26 bits per heavy atom. The van der Waals surface area contributed by atoms with E-state index in [-0.39, 0.29) is 0 Å². The van der Waals surface area contributed by atoms with E-state index in [0.29, 0.717) is 24.1 Å². The summed E-state index contributed by atoms with van der Waals surface area (Å²) in [4.78, 5) is 0. The molecule has 2 rings (SSSR count). The maximum absolute atomic E-state index is 12.6. The summed E-state index contributed by atoms with van der Waals surface area (Å²) in [5.74, 6) is 0.672. The van der Waals surface area contributed by atoms with Crippen molar-refractivity contribution in [2.24, 2.45) is 5.92 Å². The highest BCUT2D eigenvalue weighted by atomic mass is 19.4. The van der Waals surface area contributed by atoms with E-state index in [9.17, 15) is 13.2 Å². The minimum Gasteiger partial charge on any atom is -0.310 e. The van der Waals surface area contributed by atoms with Gasteiger partial charge in [0.05, 0.1) is 5.56 Å². The number of rotatable bonds is 4. The first-order valence-electron chi connectivity index (χ1n) is 6.86. The third-order valence-electron chi connectivity index (χ3n) is 3.99. The highest BCUT2D eigenvalue weighted by Gasteiger charge is 2.30. The molecular weight excluding hydrogens is 251 g/mol. The lowest BCUT2D eigenvalue weighted by molar-refractivity contribution is -0.137. The molecule has 0 heterocycles. The molecule has 106 valence electrons. The Kier molecular flexibility index (Phi) is 4.50. The van der Waals surface area contributed by atoms with Gasteiger partial charge in [0, 0.05) is 12.6 Å². The standard InChI is InChI=1S/C15H20F3N/c1-11(13-6-2-3-7-13)19-10-12-5-4-8-14(9-12)15(16,17)18/h4-5,8-9,11,13,19H,2-3,6-7,10H2,1H3/t11-/m1/s1. The molecule has 1 fully saturated rings. The summed E-state index contributed by atoms with van der Waals surface area (Å²) in [6, 6.07) is 5.93. The molecule has 0 aliphatic heterocycles. The van der Waals surface area contributed by atoms with E-state index >= 15 is 0 Å². The molecule has 1 N–H and O–H groups in total. The molecule has 0 bridgehead atoms. The summed E-state index contributed by atoms with van der Waals surface area (Å²) in [6.45, 7) is 2.63. The molecule has 1 aliphatic carbocycles. The number of benzene rings is 1. The third kappa shape index (κ3) is 3.96. The number of alkyl halides is 3. The Morgan fingerprint density at radius 2 is 1.95 bits per heavy atom. The largest absolute Gasteiger partial charge is 0.416 e. The van der Waals surface area contributed by atoms with Crippen LogP contribution in [0.3, 0.4) is 0 Å². The SMILES string of the molecule is C[C@@H](NCc1cccc(C(F)(F)F)c1)C1CCCC1. The van der Waals surface area contributed by atoms with E-state index in [1.807, 2.05) is 0 Å². The van der Waals surface area contributed by atoms with Crippen molar-refractivity contribution in [2.75, 3.05) is 0 Å². The molecule has 0 radical (unpaired) electrons. The summed E-state index contributed by atoms with van der Waals surface area (Å²) in [5.41, 5.74) is 0.125. The summed E-state index contributed by atoms with van der Waals surface area (Å²) in [5, 5.41) is 3.35. The fraction of sp³-hybridized carbons (Fsp3) is 0.600. The van der Waals surface area contributed by atoms with Gasteiger partial charge >= 0.3 is 6.18 Å². The maximum atomic E-state index is 12.6. The van der Waals surface area contributed by atoms with Gasteiger partial charge in [0.15, 0.2) is 0 Å². The van der Waals surface area contributed by atoms with E-state index in [2.05, 4.69) is 12.2 Å². The molecule has 1 aromatic rings. The van der Waals surface area contributed by atoms with Crippen LogP contribution in [0.2, 0.25) is 0 Å². The minimum absolute atomic E-state index is 0.372. The normalized spacial score (nSPS) is 18.7. The Morgan fingerprint density at radius 3 is 2.58 bits per heavy atom. The van der Waals surface area contributed by atoms with Crippen molar-refractivity contribution in [1.29, 1.82) is 0 Å². The van der Waals surface area contributed by atoms with Crippen molar-refractivity contribution in [3.05, 3.63) is 35.4 Å². The fourth-order valence-corrected chi connectivity index (χ4v) is 2.76. The molecule has 1 aliphatic rings. The van der Waals surface area contributed by atoms with E-state index in [4.69, 9.17) is 0 Å². The van der Waals surface area contributed by atoms with Gasteiger partial charge in [0.2, 0.25) is 0 Å². The zero-order valence-corrected chi connectivity index (χ0v) is 11.1. The van der Waals surface area contributed by atoms with Crippen LogP contribution in [0.25, 0.3) is 0 Å². The highest BCUT2D eigenvalue weighted by molar-refractivity contribution is 5.25.